The first-order valence-electron chi connectivity index (χ1n) is 13.2. The molecule has 0 aliphatic heterocycles. The Kier molecular flexibility index (Phi) is 9.14. The summed E-state index contributed by atoms with van der Waals surface area (Å²) >= 11 is 12.6. The molecule has 0 aliphatic carbocycles. The lowest BCUT2D eigenvalue weighted by atomic mass is 10.1. The van der Waals surface area contributed by atoms with E-state index in [0.717, 1.165) is 22.5 Å². The molecular formula is C32H27Cl2N3O6S. The van der Waals surface area contributed by atoms with Crippen LogP contribution in [0, 0.1) is 0 Å². The van der Waals surface area contributed by atoms with Crippen LogP contribution in [-0.4, -0.2) is 43.3 Å². The number of benzene rings is 4. The van der Waals surface area contributed by atoms with Crippen LogP contribution >= 0.6 is 23.2 Å². The summed E-state index contributed by atoms with van der Waals surface area (Å²) < 4.78 is 41.3. The van der Waals surface area contributed by atoms with Crippen molar-refractivity contribution < 1.29 is 27.8 Å². The van der Waals surface area contributed by atoms with E-state index in [1.165, 1.54) is 26.4 Å². The molecule has 0 amide bonds. The number of carboxylic acid groups (broad SMARTS) is 1. The summed E-state index contributed by atoms with van der Waals surface area (Å²) in [5.74, 6) is 0.306. The molecule has 0 bridgehead atoms. The first-order chi connectivity index (χ1) is 21.1. The standard InChI is InChI=1S/C32H27Cl2N3O6S/c1-42-25-12-14-29(43-2)30(17-25)44(40,41)36-24-10-5-20(6-11-24)15-31-35-28(26-13-9-23(33)16-27(26)34)19-37(31)18-21-3-7-22(8-4-21)32(38)39/h3-14,16-17,19,36H,15,18H2,1-2H3,(H,38,39). The normalized spacial score (nSPS) is 11.3. The van der Waals surface area contributed by atoms with Crippen molar-refractivity contribution in [2.24, 2.45) is 0 Å². The third kappa shape index (κ3) is 6.99. The monoisotopic (exact) mass is 651 g/mol. The molecule has 0 saturated carbocycles. The van der Waals surface area contributed by atoms with Gasteiger partial charge in [-0.2, -0.15) is 0 Å². The predicted molar refractivity (Wildman–Crippen MR) is 170 cm³/mol. The molecule has 4 aromatic carbocycles. The maximum absolute atomic E-state index is 13.2. The maximum Gasteiger partial charge on any atom is 0.335 e. The summed E-state index contributed by atoms with van der Waals surface area (Å²) in [4.78, 5) is 16.1. The number of ether oxygens (including phenoxy) is 2. The number of nitrogens with one attached hydrogen (secondary N) is 1. The van der Waals surface area contributed by atoms with Gasteiger partial charge in [0.05, 0.1) is 30.5 Å². The van der Waals surface area contributed by atoms with Crippen LogP contribution in [-0.2, 0) is 23.0 Å². The van der Waals surface area contributed by atoms with Crippen LogP contribution in [0.4, 0.5) is 5.69 Å². The van der Waals surface area contributed by atoms with Gasteiger partial charge in [0.2, 0.25) is 0 Å². The second-order valence-electron chi connectivity index (χ2n) is 9.79. The fraction of sp³-hybridized carbons (Fsp3) is 0.125. The number of carbonyl (C=O) groups is 1. The van der Waals surface area contributed by atoms with Crippen molar-refractivity contribution >= 4 is 44.9 Å². The van der Waals surface area contributed by atoms with Crippen LogP contribution in [0.5, 0.6) is 11.5 Å². The van der Waals surface area contributed by atoms with Crippen molar-refractivity contribution in [2.75, 3.05) is 18.9 Å². The zero-order valence-corrected chi connectivity index (χ0v) is 25.9. The molecule has 5 rings (SSSR count). The van der Waals surface area contributed by atoms with E-state index in [1.807, 2.05) is 22.9 Å². The predicted octanol–water partition coefficient (Wildman–Crippen LogP) is 7.01. The molecule has 226 valence electrons. The lowest BCUT2D eigenvalue weighted by molar-refractivity contribution is 0.0697. The molecule has 5 aromatic rings. The van der Waals surface area contributed by atoms with Gasteiger partial charge in [-0.3, -0.25) is 4.72 Å². The summed E-state index contributed by atoms with van der Waals surface area (Å²) in [7, 11) is -1.12. The lowest BCUT2D eigenvalue weighted by Crippen LogP contribution is -2.14. The summed E-state index contributed by atoms with van der Waals surface area (Å²) in [5.41, 5.74) is 3.72. The van der Waals surface area contributed by atoms with Gasteiger partial charge >= 0.3 is 5.97 Å². The molecule has 0 spiro atoms. The number of carboxylic acids is 1. The molecule has 1 aromatic heterocycles. The number of aromatic nitrogens is 2. The summed E-state index contributed by atoms with van der Waals surface area (Å²) in [5, 5.41) is 10.2. The minimum atomic E-state index is -3.97. The van der Waals surface area contributed by atoms with Crippen LogP contribution in [0.3, 0.4) is 0 Å². The Morgan fingerprint density at radius 1 is 0.909 bits per heavy atom. The number of hydrogen-bond acceptors (Lipinski definition) is 6. The van der Waals surface area contributed by atoms with Gasteiger partial charge in [0.25, 0.3) is 10.0 Å². The van der Waals surface area contributed by atoms with Gasteiger partial charge in [-0.05, 0) is 65.7 Å². The topological polar surface area (TPSA) is 120 Å². The molecule has 9 nitrogen and oxygen atoms in total. The van der Waals surface area contributed by atoms with Crippen LogP contribution in [0.15, 0.2) is 96.0 Å². The van der Waals surface area contributed by atoms with E-state index in [9.17, 15) is 18.3 Å². The van der Waals surface area contributed by atoms with Crippen molar-refractivity contribution in [1.29, 1.82) is 0 Å². The number of rotatable bonds is 11. The molecule has 2 N–H and O–H groups in total. The Balaban J connectivity index is 1.41. The summed E-state index contributed by atoms with van der Waals surface area (Å²) in [6.07, 6.45) is 2.31. The van der Waals surface area contributed by atoms with Gasteiger partial charge < -0.3 is 19.1 Å². The molecule has 1 heterocycles. The van der Waals surface area contributed by atoms with E-state index in [4.69, 9.17) is 37.7 Å². The Bertz CT molecular complexity index is 1930. The zero-order chi connectivity index (χ0) is 31.4. The van der Waals surface area contributed by atoms with Gasteiger partial charge in [-0.15, -0.1) is 0 Å². The van der Waals surface area contributed by atoms with Crippen LogP contribution < -0.4 is 14.2 Å². The second kappa shape index (κ2) is 13.0. The number of nitrogens with zero attached hydrogens (tertiary/aromatic N) is 2. The third-order valence-electron chi connectivity index (χ3n) is 6.85. The largest absolute Gasteiger partial charge is 0.497 e. The van der Waals surface area contributed by atoms with Gasteiger partial charge in [0.1, 0.15) is 22.2 Å². The lowest BCUT2D eigenvalue weighted by Gasteiger charge is -2.13. The van der Waals surface area contributed by atoms with E-state index < -0.39 is 16.0 Å². The zero-order valence-electron chi connectivity index (χ0n) is 23.6. The minimum Gasteiger partial charge on any atom is -0.497 e. The first-order valence-corrected chi connectivity index (χ1v) is 15.5. The van der Waals surface area contributed by atoms with Gasteiger partial charge in [0.15, 0.2) is 0 Å². The van der Waals surface area contributed by atoms with E-state index in [1.54, 1.807) is 60.7 Å². The highest BCUT2D eigenvalue weighted by Gasteiger charge is 2.21. The molecule has 0 aliphatic rings. The highest BCUT2D eigenvalue weighted by Crippen LogP contribution is 2.32. The fourth-order valence-corrected chi connectivity index (χ4v) is 6.34. The summed E-state index contributed by atoms with van der Waals surface area (Å²) in [6.45, 7) is 0.438. The quantitative estimate of drug-likeness (QED) is 0.158. The average Bonchev–Trinajstić information content (AvgIpc) is 3.39. The molecule has 0 atom stereocenters. The highest BCUT2D eigenvalue weighted by molar-refractivity contribution is 7.92. The Morgan fingerprint density at radius 3 is 2.25 bits per heavy atom. The SMILES string of the molecule is COc1ccc(OC)c(S(=O)(=O)Nc2ccc(Cc3nc(-c4ccc(Cl)cc4Cl)cn3Cc3ccc(C(=O)O)cc3)cc2)c1. The molecule has 0 saturated heterocycles. The first kappa shape index (κ1) is 30.9. The molecule has 12 heteroatoms. The Labute approximate surface area is 264 Å². The molecular weight excluding hydrogens is 625 g/mol. The van der Waals surface area contributed by atoms with Crippen molar-refractivity contribution in [3.8, 4) is 22.8 Å². The molecule has 0 fully saturated rings. The smallest absolute Gasteiger partial charge is 0.335 e. The van der Waals surface area contributed by atoms with Crippen LogP contribution in [0.1, 0.15) is 27.3 Å². The van der Waals surface area contributed by atoms with Gasteiger partial charge in [-0.25, -0.2) is 18.2 Å². The van der Waals surface area contributed by atoms with Crippen LogP contribution in [0.2, 0.25) is 10.0 Å². The third-order valence-corrected chi connectivity index (χ3v) is 8.80. The molecule has 44 heavy (non-hydrogen) atoms. The van der Waals surface area contributed by atoms with Crippen molar-refractivity contribution in [3.63, 3.8) is 0 Å². The van der Waals surface area contributed by atoms with Crippen molar-refractivity contribution in [3.05, 3.63) is 124 Å². The van der Waals surface area contributed by atoms with Crippen molar-refractivity contribution in [1.82, 2.24) is 9.55 Å². The van der Waals surface area contributed by atoms with E-state index in [0.29, 0.717) is 40.1 Å². The fourth-order valence-electron chi connectivity index (χ4n) is 4.59. The molecule has 0 unspecified atom stereocenters. The number of imidazole rings is 1. The number of anilines is 1. The maximum atomic E-state index is 13.2. The van der Waals surface area contributed by atoms with E-state index in [-0.39, 0.29) is 16.2 Å². The number of sulfonamides is 1. The molecule has 0 radical (unpaired) electrons. The van der Waals surface area contributed by atoms with E-state index in [2.05, 4.69) is 4.72 Å². The second-order valence-corrected chi connectivity index (χ2v) is 12.3. The number of halogens is 2. The highest BCUT2D eigenvalue weighted by atomic mass is 35.5. The summed E-state index contributed by atoms with van der Waals surface area (Å²) in [6, 6.07) is 23.4. The van der Waals surface area contributed by atoms with Gasteiger partial charge in [0, 0.05) is 41.5 Å². The average molecular weight is 653 g/mol. The number of methoxy groups -OCH3 is 2. The number of hydrogen-bond donors (Lipinski definition) is 2. The van der Waals surface area contributed by atoms with Crippen molar-refractivity contribution in [2.45, 2.75) is 17.9 Å². The Hall–Kier alpha value is -4.51. The van der Waals surface area contributed by atoms with Gasteiger partial charge in [-0.1, -0.05) is 47.5 Å². The van der Waals surface area contributed by atoms with Crippen LogP contribution in [0.25, 0.3) is 11.3 Å². The minimum absolute atomic E-state index is 0.0461. The number of aromatic carboxylic acids is 1. The Morgan fingerprint density at radius 2 is 1.61 bits per heavy atom. The van der Waals surface area contributed by atoms with E-state index >= 15 is 0 Å².